The fourth-order valence-corrected chi connectivity index (χ4v) is 2.43. The lowest BCUT2D eigenvalue weighted by atomic mass is 10.1. The highest BCUT2D eigenvalue weighted by molar-refractivity contribution is 5.98. The highest BCUT2D eigenvalue weighted by Gasteiger charge is 2.16. The summed E-state index contributed by atoms with van der Waals surface area (Å²) in [6.07, 6.45) is 0.0882. The maximum absolute atomic E-state index is 12.2. The Morgan fingerprint density at radius 2 is 1.73 bits per heavy atom. The van der Waals surface area contributed by atoms with Gasteiger partial charge in [0.25, 0.3) is 0 Å². The van der Waals surface area contributed by atoms with Crippen LogP contribution in [0.25, 0.3) is 0 Å². The van der Waals surface area contributed by atoms with Crippen LogP contribution in [0.3, 0.4) is 0 Å². The van der Waals surface area contributed by atoms with Gasteiger partial charge in [-0.15, -0.1) is 0 Å². The van der Waals surface area contributed by atoms with Crippen LogP contribution in [0.15, 0.2) is 48.5 Å². The highest BCUT2D eigenvalue weighted by Crippen LogP contribution is 2.31. The van der Waals surface area contributed by atoms with Crippen LogP contribution in [0.5, 0.6) is 11.5 Å². The molecule has 1 aliphatic heterocycles. The minimum Gasteiger partial charge on any atom is -0.486 e. The SMILES string of the molecule is O=C(CCC(=O)c1ccc2c(c1)OCCO2)OCC#Cc1ccccc1. The first kappa shape index (κ1) is 17.6. The third-order valence-corrected chi connectivity index (χ3v) is 3.73. The molecule has 0 amide bonds. The van der Waals surface area contributed by atoms with E-state index in [0.717, 1.165) is 5.56 Å². The predicted molar refractivity (Wildman–Crippen MR) is 95.3 cm³/mol. The summed E-state index contributed by atoms with van der Waals surface area (Å²) in [7, 11) is 0. The molecule has 0 bridgehead atoms. The number of hydrogen-bond donors (Lipinski definition) is 0. The second kappa shape index (κ2) is 8.72. The maximum Gasteiger partial charge on any atom is 0.307 e. The molecule has 1 aliphatic rings. The molecule has 0 saturated carbocycles. The molecule has 1 heterocycles. The van der Waals surface area contributed by atoms with E-state index in [-0.39, 0.29) is 25.2 Å². The quantitative estimate of drug-likeness (QED) is 0.471. The minimum atomic E-state index is -0.446. The minimum absolute atomic E-state index is 0.00589. The van der Waals surface area contributed by atoms with E-state index in [4.69, 9.17) is 14.2 Å². The Bertz CT molecular complexity index is 846. The van der Waals surface area contributed by atoms with Gasteiger partial charge < -0.3 is 14.2 Å². The van der Waals surface area contributed by atoms with Gasteiger partial charge in [-0.05, 0) is 30.3 Å². The number of carbonyl (C=O) groups is 2. The molecule has 2 aromatic rings. The van der Waals surface area contributed by atoms with E-state index in [1.807, 2.05) is 30.3 Å². The van der Waals surface area contributed by atoms with Gasteiger partial charge in [0.1, 0.15) is 13.2 Å². The van der Waals surface area contributed by atoms with Crippen LogP contribution in [0, 0.1) is 11.8 Å². The summed E-state index contributed by atoms with van der Waals surface area (Å²) >= 11 is 0. The van der Waals surface area contributed by atoms with Crippen molar-refractivity contribution >= 4 is 11.8 Å². The summed E-state index contributed by atoms with van der Waals surface area (Å²) in [5.74, 6) is 6.27. The lowest BCUT2D eigenvalue weighted by molar-refractivity contribution is -0.142. The van der Waals surface area contributed by atoms with Crippen molar-refractivity contribution < 1.29 is 23.8 Å². The molecular weight excluding hydrogens is 332 g/mol. The molecule has 0 aliphatic carbocycles. The third-order valence-electron chi connectivity index (χ3n) is 3.73. The average Bonchev–Trinajstić information content (AvgIpc) is 2.70. The number of Topliss-reactive ketones (excluding diaryl/α,β-unsaturated/α-hetero) is 1. The Balaban J connectivity index is 1.44. The van der Waals surface area contributed by atoms with E-state index >= 15 is 0 Å². The predicted octanol–water partition coefficient (Wildman–Crippen LogP) is 3.02. The van der Waals surface area contributed by atoms with Crippen LogP contribution in [0.2, 0.25) is 0 Å². The van der Waals surface area contributed by atoms with Gasteiger partial charge in [-0.2, -0.15) is 0 Å². The number of ketones is 1. The van der Waals surface area contributed by atoms with Gasteiger partial charge in [0.05, 0.1) is 6.42 Å². The molecule has 0 fully saturated rings. The molecule has 0 unspecified atom stereocenters. The van der Waals surface area contributed by atoms with E-state index in [9.17, 15) is 9.59 Å². The summed E-state index contributed by atoms with van der Waals surface area (Å²) in [6, 6.07) is 14.5. The van der Waals surface area contributed by atoms with Crippen molar-refractivity contribution in [2.75, 3.05) is 19.8 Å². The molecule has 0 radical (unpaired) electrons. The van der Waals surface area contributed by atoms with Crippen molar-refractivity contribution in [3.8, 4) is 23.3 Å². The average molecular weight is 350 g/mol. The van der Waals surface area contributed by atoms with Gasteiger partial charge >= 0.3 is 5.97 Å². The van der Waals surface area contributed by atoms with Crippen LogP contribution in [0.4, 0.5) is 0 Å². The van der Waals surface area contributed by atoms with Crippen molar-refractivity contribution in [1.29, 1.82) is 0 Å². The van der Waals surface area contributed by atoms with Gasteiger partial charge in [-0.25, -0.2) is 0 Å². The molecule has 0 aromatic heterocycles. The van der Waals surface area contributed by atoms with Crippen LogP contribution in [-0.2, 0) is 9.53 Å². The monoisotopic (exact) mass is 350 g/mol. The number of esters is 1. The molecule has 3 rings (SSSR count). The Labute approximate surface area is 151 Å². The number of fused-ring (bicyclic) bond motifs is 1. The standard InChI is InChI=1S/C21H18O5/c22-18(17-8-10-19-20(15-17)25-14-13-24-19)9-11-21(23)26-12-4-7-16-5-2-1-3-6-16/h1-3,5-6,8,10,15H,9,11-14H2. The smallest absolute Gasteiger partial charge is 0.307 e. The zero-order valence-electron chi connectivity index (χ0n) is 14.2. The molecule has 0 spiro atoms. The van der Waals surface area contributed by atoms with E-state index in [1.165, 1.54) is 0 Å². The summed E-state index contributed by atoms with van der Waals surface area (Å²) in [5, 5.41) is 0. The van der Waals surface area contributed by atoms with Crippen LogP contribution < -0.4 is 9.47 Å². The molecule has 0 saturated heterocycles. The normalized spacial score (nSPS) is 11.8. The molecule has 0 N–H and O–H groups in total. The number of benzene rings is 2. The zero-order chi connectivity index (χ0) is 18.2. The lowest BCUT2D eigenvalue weighted by Gasteiger charge is -2.18. The van der Waals surface area contributed by atoms with E-state index in [2.05, 4.69) is 11.8 Å². The molecule has 5 heteroatoms. The van der Waals surface area contributed by atoms with Crippen LogP contribution >= 0.6 is 0 Å². The van der Waals surface area contributed by atoms with Crippen molar-refractivity contribution in [3.63, 3.8) is 0 Å². The summed E-state index contributed by atoms with van der Waals surface area (Å²) in [5.41, 5.74) is 1.35. The zero-order valence-corrected chi connectivity index (χ0v) is 14.2. The first-order valence-corrected chi connectivity index (χ1v) is 8.35. The topological polar surface area (TPSA) is 61.8 Å². The van der Waals surface area contributed by atoms with E-state index in [1.54, 1.807) is 18.2 Å². The first-order valence-electron chi connectivity index (χ1n) is 8.35. The van der Waals surface area contributed by atoms with Crippen LogP contribution in [-0.4, -0.2) is 31.6 Å². The number of rotatable bonds is 5. The number of hydrogen-bond acceptors (Lipinski definition) is 5. The number of carbonyl (C=O) groups excluding carboxylic acids is 2. The van der Waals surface area contributed by atoms with Crippen LogP contribution in [0.1, 0.15) is 28.8 Å². The van der Waals surface area contributed by atoms with Gasteiger partial charge in [-0.1, -0.05) is 30.0 Å². The van der Waals surface area contributed by atoms with Gasteiger partial charge in [0.2, 0.25) is 0 Å². The van der Waals surface area contributed by atoms with Crippen molar-refractivity contribution in [1.82, 2.24) is 0 Å². The second-order valence-electron chi connectivity index (χ2n) is 5.61. The lowest BCUT2D eigenvalue weighted by Crippen LogP contribution is -2.16. The van der Waals surface area contributed by atoms with E-state index in [0.29, 0.717) is 30.3 Å². The molecule has 5 nitrogen and oxygen atoms in total. The largest absolute Gasteiger partial charge is 0.486 e. The fraction of sp³-hybridized carbons (Fsp3) is 0.238. The molecule has 26 heavy (non-hydrogen) atoms. The van der Waals surface area contributed by atoms with Crippen molar-refractivity contribution in [2.45, 2.75) is 12.8 Å². The van der Waals surface area contributed by atoms with Gasteiger partial charge in [-0.3, -0.25) is 9.59 Å². The molecule has 0 atom stereocenters. The Kier molecular flexibility index (Phi) is 5.89. The molecular formula is C21H18O5. The third kappa shape index (κ3) is 4.87. The summed E-state index contributed by atoms with van der Waals surface area (Å²) in [4.78, 5) is 24.0. The molecule has 2 aromatic carbocycles. The maximum atomic E-state index is 12.2. The number of ether oxygens (including phenoxy) is 3. The van der Waals surface area contributed by atoms with Gasteiger partial charge in [0.15, 0.2) is 23.9 Å². The van der Waals surface area contributed by atoms with Crippen molar-refractivity contribution in [3.05, 3.63) is 59.7 Å². The second-order valence-corrected chi connectivity index (χ2v) is 5.61. The Morgan fingerprint density at radius 3 is 2.54 bits per heavy atom. The Morgan fingerprint density at radius 1 is 0.962 bits per heavy atom. The summed E-state index contributed by atoms with van der Waals surface area (Å²) in [6.45, 7) is 0.965. The fourth-order valence-electron chi connectivity index (χ4n) is 2.43. The highest BCUT2D eigenvalue weighted by atomic mass is 16.6. The molecule has 132 valence electrons. The van der Waals surface area contributed by atoms with Gasteiger partial charge in [0, 0.05) is 17.5 Å². The van der Waals surface area contributed by atoms with Crippen molar-refractivity contribution in [2.24, 2.45) is 0 Å². The van der Waals surface area contributed by atoms with E-state index < -0.39 is 5.97 Å². The summed E-state index contributed by atoms with van der Waals surface area (Å²) < 4.78 is 15.9. The first-order chi connectivity index (χ1) is 12.7. The Hall–Kier alpha value is -3.26.